The lowest BCUT2D eigenvalue weighted by atomic mass is 9.75. The van der Waals surface area contributed by atoms with Crippen LogP contribution in [0.25, 0.3) is 0 Å². The number of carbonyl (C=O) groups excluding carboxylic acids is 1. The van der Waals surface area contributed by atoms with E-state index in [-0.39, 0.29) is 30.5 Å². The van der Waals surface area contributed by atoms with Crippen molar-refractivity contribution in [2.45, 2.75) is 95.1 Å². The van der Waals surface area contributed by atoms with Crippen molar-refractivity contribution in [3.8, 4) is 5.75 Å². The molecule has 254 valence electrons. The maximum Gasteiger partial charge on any atom is 0.417 e. The van der Waals surface area contributed by atoms with Crippen LogP contribution in [0.3, 0.4) is 0 Å². The smallest absolute Gasteiger partial charge is 0.417 e. The molecule has 2 aromatic carbocycles. The van der Waals surface area contributed by atoms with E-state index in [2.05, 4.69) is 9.80 Å². The summed E-state index contributed by atoms with van der Waals surface area (Å²) in [5.41, 5.74) is -3.30. The number of rotatable bonds is 9. The number of carbonyl (C=O) groups is 1. The van der Waals surface area contributed by atoms with Gasteiger partial charge in [0.25, 0.3) is 0 Å². The zero-order valence-electron chi connectivity index (χ0n) is 26.7. The number of benzene rings is 2. The van der Waals surface area contributed by atoms with E-state index >= 15 is 0 Å². The van der Waals surface area contributed by atoms with Crippen LogP contribution >= 0.6 is 0 Å². The first-order chi connectivity index (χ1) is 21.7. The minimum absolute atomic E-state index is 0.0364. The molecule has 0 radical (unpaired) electrons. The Labute approximate surface area is 267 Å². The number of hydrogen-bond acceptors (Lipinski definition) is 4. The van der Waals surface area contributed by atoms with Gasteiger partial charge in [-0.3, -0.25) is 9.69 Å². The van der Waals surface area contributed by atoms with Crippen molar-refractivity contribution in [1.29, 1.82) is 0 Å². The van der Waals surface area contributed by atoms with E-state index in [1.165, 1.54) is 38.2 Å². The predicted molar refractivity (Wildman–Crippen MR) is 165 cm³/mol. The van der Waals surface area contributed by atoms with E-state index in [0.717, 1.165) is 31.7 Å². The van der Waals surface area contributed by atoms with Crippen LogP contribution in [0.2, 0.25) is 0 Å². The van der Waals surface area contributed by atoms with Crippen molar-refractivity contribution in [2.75, 3.05) is 45.8 Å². The lowest BCUT2D eigenvalue weighted by Gasteiger charge is -2.42. The number of amides is 1. The summed E-state index contributed by atoms with van der Waals surface area (Å²) in [5, 5.41) is 0. The number of halogens is 6. The first-order valence-electron chi connectivity index (χ1n) is 16.5. The van der Waals surface area contributed by atoms with Gasteiger partial charge in [0, 0.05) is 50.7 Å². The number of likely N-dealkylation sites (tertiary alicyclic amines) is 1. The third-order valence-corrected chi connectivity index (χ3v) is 9.98. The van der Waals surface area contributed by atoms with Crippen LogP contribution in [0.4, 0.5) is 26.3 Å². The molecule has 1 atom stereocenters. The van der Waals surface area contributed by atoms with Gasteiger partial charge in [-0.05, 0) is 81.5 Å². The van der Waals surface area contributed by atoms with Crippen LogP contribution in [0, 0.1) is 0 Å². The molecular weight excluding hydrogens is 608 g/mol. The molecule has 46 heavy (non-hydrogen) atoms. The number of piperazine rings is 1. The quantitative estimate of drug-likeness (QED) is 0.262. The van der Waals surface area contributed by atoms with Crippen molar-refractivity contribution in [3.05, 3.63) is 64.7 Å². The predicted octanol–water partition coefficient (Wildman–Crippen LogP) is 7.56. The summed E-state index contributed by atoms with van der Waals surface area (Å²) in [6, 6.07) is 10.3. The summed E-state index contributed by atoms with van der Waals surface area (Å²) in [4.78, 5) is 20.0. The molecule has 11 heteroatoms. The van der Waals surface area contributed by atoms with E-state index in [0.29, 0.717) is 49.9 Å². The second-order valence-corrected chi connectivity index (χ2v) is 13.5. The lowest BCUT2D eigenvalue weighted by molar-refractivity contribution is -0.162. The average Bonchev–Trinajstić information content (AvgIpc) is 3.45. The van der Waals surface area contributed by atoms with Gasteiger partial charge in [0.1, 0.15) is 5.75 Å². The van der Waals surface area contributed by atoms with Crippen LogP contribution in [-0.2, 0) is 29.0 Å². The Morgan fingerprint density at radius 2 is 1.59 bits per heavy atom. The highest BCUT2D eigenvalue weighted by Crippen LogP contribution is 2.45. The molecule has 3 fully saturated rings. The second kappa shape index (κ2) is 14.1. The Bertz CT molecular complexity index is 1330. The van der Waals surface area contributed by atoms with Crippen LogP contribution in [0.1, 0.15) is 81.0 Å². The third kappa shape index (κ3) is 8.37. The van der Waals surface area contributed by atoms with E-state index in [1.54, 1.807) is 11.0 Å². The maximum atomic E-state index is 14.0. The van der Waals surface area contributed by atoms with Gasteiger partial charge in [0.2, 0.25) is 5.91 Å². The third-order valence-electron chi connectivity index (χ3n) is 9.98. The summed E-state index contributed by atoms with van der Waals surface area (Å²) in [7, 11) is 0. The molecule has 0 spiro atoms. The standard InChI is InChI=1S/C35H45F6N3O2/c1-25(2)46-29-10-6-7-26(21-29)22-32(45)44-16-14-33(24-44,27-11-12-30(34(36,37)38)31(23-27)35(39,40)41)13-15-42-17-19-43(20-18-42)28-8-4-3-5-9-28/h6-7,10-12,21,23,25,28H,3-5,8-9,13-20,22,24H2,1-2H3/t33-/m1/s1. The van der Waals surface area contributed by atoms with Crippen LogP contribution in [0.5, 0.6) is 5.75 Å². The second-order valence-electron chi connectivity index (χ2n) is 13.5. The highest BCUT2D eigenvalue weighted by atomic mass is 19.4. The Morgan fingerprint density at radius 3 is 2.24 bits per heavy atom. The Kier molecular flexibility index (Phi) is 10.6. The molecule has 1 saturated carbocycles. The van der Waals surface area contributed by atoms with Gasteiger partial charge in [-0.25, -0.2) is 0 Å². The summed E-state index contributed by atoms with van der Waals surface area (Å²) >= 11 is 0. The van der Waals surface area contributed by atoms with E-state index in [9.17, 15) is 31.1 Å². The van der Waals surface area contributed by atoms with Crippen LogP contribution < -0.4 is 4.74 Å². The highest BCUT2D eigenvalue weighted by Gasteiger charge is 2.47. The molecule has 2 aliphatic heterocycles. The van der Waals surface area contributed by atoms with Crippen molar-refractivity contribution >= 4 is 5.91 Å². The zero-order valence-corrected chi connectivity index (χ0v) is 26.7. The normalized spacial score (nSPS) is 22.5. The van der Waals surface area contributed by atoms with Gasteiger partial charge in [-0.15, -0.1) is 0 Å². The van der Waals surface area contributed by atoms with Crippen molar-refractivity contribution < 1.29 is 35.9 Å². The molecular formula is C35H45F6N3O2. The van der Waals surface area contributed by atoms with Gasteiger partial charge in [-0.1, -0.05) is 37.5 Å². The van der Waals surface area contributed by atoms with E-state index < -0.39 is 28.9 Å². The van der Waals surface area contributed by atoms with Crippen molar-refractivity contribution in [3.63, 3.8) is 0 Å². The molecule has 5 rings (SSSR count). The van der Waals surface area contributed by atoms with Gasteiger partial charge in [0.05, 0.1) is 23.7 Å². The fraction of sp³-hybridized carbons (Fsp3) is 0.629. The van der Waals surface area contributed by atoms with Crippen molar-refractivity contribution in [1.82, 2.24) is 14.7 Å². The van der Waals surface area contributed by atoms with Crippen molar-refractivity contribution in [2.24, 2.45) is 0 Å². The molecule has 0 bridgehead atoms. The Hall–Kier alpha value is -2.79. The molecule has 1 amide bonds. The van der Waals surface area contributed by atoms with E-state index in [1.807, 2.05) is 32.0 Å². The molecule has 0 unspecified atom stereocenters. The number of nitrogens with zero attached hydrogens (tertiary/aromatic N) is 3. The topological polar surface area (TPSA) is 36.0 Å². The molecule has 5 nitrogen and oxygen atoms in total. The van der Waals surface area contributed by atoms with Gasteiger partial charge in [0.15, 0.2) is 0 Å². The minimum atomic E-state index is -5.17. The lowest BCUT2D eigenvalue weighted by Crippen LogP contribution is -2.51. The van der Waals surface area contributed by atoms with Gasteiger partial charge < -0.3 is 14.5 Å². The summed E-state index contributed by atoms with van der Waals surface area (Å²) in [6.07, 6.45) is -3.19. The number of alkyl halides is 6. The Morgan fingerprint density at radius 1 is 0.891 bits per heavy atom. The summed E-state index contributed by atoms with van der Waals surface area (Å²) in [6.45, 7) is 8.42. The molecule has 0 aromatic heterocycles. The zero-order chi connectivity index (χ0) is 33.1. The van der Waals surface area contributed by atoms with Gasteiger partial charge in [-0.2, -0.15) is 26.3 Å². The first-order valence-corrected chi connectivity index (χ1v) is 16.5. The maximum absolute atomic E-state index is 14.0. The van der Waals surface area contributed by atoms with Crippen LogP contribution in [0.15, 0.2) is 42.5 Å². The number of ether oxygens (including phenoxy) is 1. The molecule has 2 saturated heterocycles. The fourth-order valence-corrected chi connectivity index (χ4v) is 7.48. The SMILES string of the molecule is CC(C)Oc1cccc(CC(=O)N2CC[C@@](CCN3CCN(C4CCCCC4)CC3)(c3ccc(C(F)(F)F)c(C(F)(F)F)c3)C2)c1. The monoisotopic (exact) mass is 653 g/mol. The molecule has 3 aliphatic rings. The molecule has 2 aromatic rings. The average molecular weight is 654 g/mol. The summed E-state index contributed by atoms with van der Waals surface area (Å²) in [5.74, 6) is 0.469. The largest absolute Gasteiger partial charge is 0.491 e. The first kappa shape index (κ1) is 34.5. The van der Waals surface area contributed by atoms with E-state index in [4.69, 9.17) is 4.74 Å². The van der Waals surface area contributed by atoms with Gasteiger partial charge >= 0.3 is 12.4 Å². The summed E-state index contributed by atoms with van der Waals surface area (Å²) < 4.78 is 88.7. The highest BCUT2D eigenvalue weighted by molar-refractivity contribution is 5.79. The Balaban J connectivity index is 1.35. The fourth-order valence-electron chi connectivity index (χ4n) is 7.48. The van der Waals surface area contributed by atoms with Crippen LogP contribution in [-0.4, -0.2) is 78.6 Å². The molecule has 0 N–H and O–H groups in total. The molecule has 2 heterocycles. The molecule has 1 aliphatic carbocycles. The number of hydrogen-bond donors (Lipinski definition) is 0. The minimum Gasteiger partial charge on any atom is -0.491 e.